The molecule has 1 aromatic carbocycles. The number of carbonyl (C=O) groups excluding carboxylic acids is 1. The Balaban J connectivity index is 0.00000264. The monoisotopic (exact) mass is 342 g/mol. The van der Waals surface area contributed by atoms with Crippen LogP contribution in [-0.2, 0) is 16.1 Å². The number of hydrogen-bond donors (Lipinski definition) is 2. The van der Waals surface area contributed by atoms with Crippen molar-refractivity contribution in [2.24, 2.45) is 0 Å². The van der Waals surface area contributed by atoms with Gasteiger partial charge in [0, 0.05) is 18.7 Å². The number of morpholine rings is 1. The summed E-state index contributed by atoms with van der Waals surface area (Å²) in [7, 11) is 0. The van der Waals surface area contributed by atoms with Crippen molar-refractivity contribution in [3.63, 3.8) is 0 Å². The maximum Gasteiger partial charge on any atom is 0.240 e. The third kappa shape index (κ3) is 5.68. The zero-order valence-corrected chi connectivity index (χ0v) is 14.9. The number of hydrogen-bond acceptors (Lipinski definition) is 4. The van der Waals surface area contributed by atoms with E-state index in [-0.39, 0.29) is 30.5 Å². The highest BCUT2D eigenvalue weighted by molar-refractivity contribution is 5.85. The second kappa shape index (κ2) is 9.75. The average molecular weight is 343 g/mol. The van der Waals surface area contributed by atoms with Crippen LogP contribution in [0.5, 0.6) is 5.75 Å². The van der Waals surface area contributed by atoms with Crippen molar-refractivity contribution in [2.75, 3.05) is 19.8 Å². The molecule has 0 aliphatic carbocycles. The minimum atomic E-state index is -0.292. The molecule has 1 aliphatic heterocycles. The molecular weight excluding hydrogens is 316 g/mol. The number of nitrogens with one attached hydrogen (secondary N) is 2. The first-order chi connectivity index (χ1) is 10.6. The quantitative estimate of drug-likeness (QED) is 0.832. The summed E-state index contributed by atoms with van der Waals surface area (Å²) < 4.78 is 11.3. The van der Waals surface area contributed by atoms with Gasteiger partial charge in [0.2, 0.25) is 5.91 Å². The Morgan fingerprint density at radius 2 is 2.26 bits per heavy atom. The van der Waals surface area contributed by atoms with Gasteiger partial charge >= 0.3 is 0 Å². The number of carbonyl (C=O) groups is 1. The molecule has 1 heterocycles. The first-order valence-corrected chi connectivity index (χ1v) is 7.97. The third-order valence-corrected chi connectivity index (χ3v) is 3.74. The topological polar surface area (TPSA) is 59.6 Å². The highest BCUT2D eigenvalue weighted by Gasteiger charge is 2.28. The molecule has 2 atom stereocenters. The van der Waals surface area contributed by atoms with Crippen LogP contribution in [0.2, 0.25) is 0 Å². The lowest BCUT2D eigenvalue weighted by Gasteiger charge is -2.29. The number of amides is 1. The molecule has 0 unspecified atom stereocenters. The molecule has 1 aromatic rings. The van der Waals surface area contributed by atoms with E-state index in [4.69, 9.17) is 9.47 Å². The van der Waals surface area contributed by atoms with Crippen LogP contribution in [0.15, 0.2) is 18.2 Å². The summed E-state index contributed by atoms with van der Waals surface area (Å²) in [6.45, 7) is 8.52. The van der Waals surface area contributed by atoms with E-state index in [1.807, 2.05) is 32.0 Å². The van der Waals surface area contributed by atoms with E-state index in [0.29, 0.717) is 26.3 Å². The number of aryl methyl sites for hydroxylation is 1. The first-order valence-electron chi connectivity index (χ1n) is 7.97. The standard InChI is InChI=1S/C17H26N2O3.ClH/c1-4-8-22-15-10-12(2)5-6-14(15)11-19-17(20)16-13(3)21-9-7-18-16;/h5-6,10,13,16,18H,4,7-9,11H2,1-3H3,(H,19,20);1H/t13-,16+;/m1./s1. The Morgan fingerprint density at radius 1 is 1.48 bits per heavy atom. The average Bonchev–Trinajstić information content (AvgIpc) is 2.52. The largest absolute Gasteiger partial charge is 0.493 e. The van der Waals surface area contributed by atoms with Gasteiger partial charge in [-0.25, -0.2) is 0 Å². The van der Waals surface area contributed by atoms with Crippen LogP contribution in [0.25, 0.3) is 0 Å². The van der Waals surface area contributed by atoms with Crippen LogP contribution >= 0.6 is 12.4 Å². The van der Waals surface area contributed by atoms with Crippen LogP contribution in [0.4, 0.5) is 0 Å². The summed E-state index contributed by atoms with van der Waals surface area (Å²) in [5, 5.41) is 6.17. The Bertz CT molecular complexity index is 511. The lowest BCUT2D eigenvalue weighted by atomic mass is 10.1. The molecule has 1 aliphatic rings. The Labute approximate surface area is 144 Å². The maximum absolute atomic E-state index is 12.3. The number of benzene rings is 1. The minimum absolute atomic E-state index is 0. The molecule has 0 radical (unpaired) electrons. The van der Waals surface area contributed by atoms with Crippen LogP contribution < -0.4 is 15.4 Å². The summed E-state index contributed by atoms with van der Waals surface area (Å²) in [4.78, 5) is 12.3. The van der Waals surface area contributed by atoms with E-state index in [1.54, 1.807) is 0 Å². The van der Waals surface area contributed by atoms with Gasteiger partial charge in [0.05, 0.1) is 19.3 Å². The Morgan fingerprint density at radius 3 is 2.96 bits per heavy atom. The summed E-state index contributed by atoms with van der Waals surface area (Å²) in [5.41, 5.74) is 2.15. The summed E-state index contributed by atoms with van der Waals surface area (Å²) in [5.74, 6) is 0.817. The zero-order valence-electron chi connectivity index (χ0n) is 14.1. The number of halogens is 1. The van der Waals surface area contributed by atoms with Crippen molar-refractivity contribution in [3.8, 4) is 5.75 Å². The van der Waals surface area contributed by atoms with Crippen LogP contribution in [-0.4, -0.2) is 37.8 Å². The van der Waals surface area contributed by atoms with Gasteiger partial charge in [-0.2, -0.15) is 0 Å². The Kier molecular flexibility index (Phi) is 8.37. The summed E-state index contributed by atoms with van der Waals surface area (Å²) in [6, 6.07) is 5.76. The smallest absolute Gasteiger partial charge is 0.240 e. The second-order valence-electron chi connectivity index (χ2n) is 5.69. The third-order valence-electron chi connectivity index (χ3n) is 3.74. The molecule has 1 saturated heterocycles. The van der Waals surface area contributed by atoms with Crippen LogP contribution in [0, 0.1) is 6.92 Å². The molecule has 0 spiro atoms. The van der Waals surface area contributed by atoms with Gasteiger partial charge in [-0.1, -0.05) is 19.1 Å². The van der Waals surface area contributed by atoms with Crippen LogP contribution in [0.3, 0.4) is 0 Å². The highest BCUT2D eigenvalue weighted by atomic mass is 35.5. The van der Waals surface area contributed by atoms with Crippen molar-refractivity contribution in [1.82, 2.24) is 10.6 Å². The fourth-order valence-corrected chi connectivity index (χ4v) is 2.47. The normalized spacial score (nSPS) is 20.5. The van der Waals surface area contributed by atoms with E-state index in [1.165, 1.54) is 0 Å². The molecule has 1 fully saturated rings. The summed E-state index contributed by atoms with van der Waals surface area (Å²) >= 11 is 0. The molecule has 6 heteroatoms. The van der Waals surface area contributed by atoms with Crippen LogP contribution in [0.1, 0.15) is 31.4 Å². The molecule has 2 N–H and O–H groups in total. The van der Waals surface area contributed by atoms with E-state index in [2.05, 4.69) is 17.6 Å². The molecular formula is C17H27ClN2O3. The van der Waals surface area contributed by atoms with Gasteiger partial charge in [-0.3, -0.25) is 4.79 Å². The molecule has 23 heavy (non-hydrogen) atoms. The Hall–Kier alpha value is -1.30. The molecule has 1 amide bonds. The van der Waals surface area contributed by atoms with Gasteiger partial charge in [0.25, 0.3) is 0 Å². The maximum atomic E-state index is 12.3. The van der Waals surface area contributed by atoms with E-state index < -0.39 is 0 Å². The fraction of sp³-hybridized carbons (Fsp3) is 0.588. The predicted molar refractivity (Wildman–Crippen MR) is 93.3 cm³/mol. The number of ether oxygens (including phenoxy) is 2. The van der Waals surface area contributed by atoms with Crippen molar-refractivity contribution >= 4 is 18.3 Å². The van der Waals surface area contributed by atoms with Gasteiger partial charge in [-0.15, -0.1) is 12.4 Å². The van der Waals surface area contributed by atoms with Crippen molar-refractivity contribution in [1.29, 1.82) is 0 Å². The zero-order chi connectivity index (χ0) is 15.9. The molecule has 130 valence electrons. The fourth-order valence-electron chi connectivity index (χ4n) is 2.47. The van der Waals surface area contributed by atoms with Gasteiger partial charge in [0.1, 0.15) is 11.8 Å². The molecule has 0 saturated carbocycles. The molecule has 0 aromatic heterocycles. The minimum Gasteiger partial charge on any atom is -0.493 e. The molecule has 5 nitrogen and oxygen atoms in total. The number of rotatable bonds is 6. The van der Waals surface area contributed by atoms with Gasteiger partial charge < -0.3 is 20.1 Å². The highest BCUT2D eigenvalue weighted by Crippen LogP contribution is 2.20. The lowest BCUT2D eigenvalue weighted by Crippen LogP contribution is -2.55. The second-order valence-corrected chi connectivity index (χ2v) is 5.69. The van der Waals surface area contributed by atoms with E-state index in [0.717, 1.165) is 23.3 Å². The van der Waals surface area contributed by atoms with E-state index in [9.17, 15) is 4.79 Å². The van der Waals surface area contributed by atoms with E-state index >= 15 is 0 Å². The van der Waals surface area contributed by atoms with Crippen molar-refractivity contribution in [3.05, 3.63) is 29.3 Å². The van der Waals surface area contributed by atoms with Crippen molar-refractivity contribution in [2.45, 2.75) is 45.9 Å². The van der Waals surface area contributed by atoms with Gasteiger partial charge in [0.15, 0.2) is 0 Å². The molecule has 0 bridgehead atoms. The SMILES string of the molecule is CCCOc1cc(C)ccc1CNC(=O)[C@H]1NCCO[C@@H]1C.Cl. The first kappa shape index (κ1) is 19.7. The predicted octanol–water partition coefficient (Wildman–Crippen LogP) is 2.20. The lowest BCUT2D eigenvalue weighted by molar-refractivity contribution is -0.129. The summed E-state index contributed by atoms with van der Waals surface area (Å²) in [6.07, 6.45) is 0.850. The molecule has 2 rings (SSSR count). The van der Waals surface area contributed by atoms with Crippen molar-refractivity contribution < 1.29 is 14.3 Å². The van der Waals surface area contributed by atoms with Gasteiger partial charge in [-0.05, 0) is 31.9 Å².